The summed E-state index contributed by atoms with van der Waals surface area (Å²) in [6.07, 6.45) is 0. The second kappa shape index (κ2) is 6.90. The summed E-state index contributed by atoms with van der Waals surface area (Å²) in [7, 11) is 0. The number of nitro groups is 1. The molecule has 0 saturated carbocycles. The largest absolute Gasteiger partial charge is 0.304 e. The predicted octanol–water partition coefficient (Wildman–Crippen LogP) is 3.39. The van der Waals surface area contributed by atoms with Crippen LogP contribution in [0.4, 0.5) is 11.4 Å². The highest BCUT2D eigenvalue weighted by Gasteiger charge is 2.16. The van der Waals surface area contributed by atoms with E-state index in [-0.39, 0.29) is 28.5 Å². The van der Waals surface area contributed by atoms with Crippen LogP contribution in [0, 0.1) is 21.4 Å². The summed E-state index contributed by atoms with van der Waals surface area (Å²) in [5.74, 6) is -0.0161. The van der Waals surface area contributed by atoms with E-state index < -0.39 is 4.92 Å². The second-order valence-electron chi connectivity index (χ2n) is 5.65. The molecule has 2 heterocycles. The molecular formula is C18H10N6O3S. The van der Waals surface area contributed by atoms with Gasteiger partial charge in [0.05, 0.1) is 10.3 Å². The quantitative estimate of drug-likeness (QED) is 0.311. The molecule has 2 aromatic carbocycles. The molecule has 9 nitrogen and oxygen atoms in total. The van der Waals surface area contributed by atoms with Gasteiger partial charge in [0.2, 0.25) is 5.71 Å². The molecule has 4 aromatic rings. The molecule has 0 unspecified atom stereocenters. The summed E-state index contributed by atoms with van der Waals surface area (Å²) < 4.78 is 0.904. The van der Waals surface area contributed by atoms with Crippen molar-refractivity contribution in [1.29, 1.82) is 5.26 Å². The van der Waals surface area contributed by atoms with Crippen molar-refractivity contribution in [3.05, 3.63) is 74.8 Å². The van der Waals surface area contributed by atoms with E-state index in [1.807, 2.05) is 30.3 Å². The van der Waals surface area contributed by atoms with Gasteiger partial charge in [-0.1, -0.05) is 30.3 Å². The number of nitriles is 1. The van der Waals surface area contributed by atoms with E-state index in [1.165, 1.54) is 29.5 Å². The summed E-state index contributed by atoms with van der Waals surface area (Å²) in [6.45, 7) is 0. The third kappa shape index (κ3) is 2.95. The molecule has 0 radical (unpaired) electrons. The topological polar surface area (TPSA) is 137 Å². The number of benzene rings is 2. The molecule has 0 bridgehead atoms. The van der Waals surface area contributed by atoms with Crippen LogP contribution in [-0.2, 0) is 0 Å². The number of anilines is 1. The molecule has 0 atom stereocenters. The molecule has 0 aliphatic rings. The monoisotopic (exact) mass is 390 g/mol. The number of aromatic nitrogens is 2. The Morgan fingerprint density at radius 3 is 2.79 bits per heavy atom. The number of hydrogen-bond donors (Lipinski definition) is 2. The number of fused-ring (bicyclic) bond motifs is 3. The van der Waals surface area contributed by atoms with Gasteiger partial charge in [-0.25, -0.2) is 4.98 Å². The number of H-pyrrole nitrogens is 1. The fourth-order valence-corrected chi connectivity index (χ4v) is 3.79. The third-order valence-corrected chi connectivity index (χ3v) is 5.03. The second-order valence-corrected chi connectivity index (χ2v) is 6.68. The number of nitrogens with one attached hydrogen (secondary N) is 2. The minimum absolute atomic E-state index is 0.0161. The smallest absolute Gasteiger partial charge is 0.294 e. The van der Waals surface area contributed by atoms with Crippen molar-refractivity contribution in [2.45, 2.75) is 0 Å². The zero-order valence-corrected chi connectivity index (χ0v) is 14.9. The summed E-state index contributed by atoms with van der Waals surface area (Å²) in [6, 6.07) is 15.2. The average Bonchev–Trinajstić information content (AvgIpc) is 3.07. The van der Waals surface area contributed by atoms with Gasteiger partial charge in [0.25, 0.3) is 11.2 Å². The Kier molecular flexibility index (Phi) is 4.27. The minimum atomic E-state index is -0.562. The van der Waals surface area contributed by atoms with Gasteiger partial charge in [0, 0.05) is 16.2 Å². The van der Waals surface area contributed by atoms with Gasteiger partial charge < -0.3 is 4.98 Å². The Morgan fingerprint density at radius 1 is 1.25 bits per heavy atom. The Bertz CT molecular complexity index is 1370. The molecule has 2 aromatic heterocycles. The lowest BCUT2D eigenvalue weighted by Crippen LogP contribution is -2.16. The van der Waals surface area contributed by atoms with E-state index >= 15 is 0 Å². The SMILES string of the molecule is N#C/C(=N/Nc1ccccc1[N+](=O)[O-])c1nc2sc3ccccc3c2c(=O)[nH]1. The lowest BCUT2D eigenvalue weighted by Gasteiger charge is -2.03. The van der Waals surface area contributed by atoms with E-state index in [9.17, 15) is 20.2 Å². The van der Waals surface area contributed by atoms with Gasteiger partial charge >= 0.3 is 0 Å². The molecule has 10 heteroatoms. The molecule has 136 valence electrons. The molecule has 0 saturated heterocycles. The number of rotatable bonds is 4. The Labute approximate surface area is 160 Å². The number of hydrogen-bond acceptors (Lipinski definition) is 8. The van der Waals surface area contributed by atoms with Gasteiger partial charge in [-0.05, 0) is 12.1 Å². The normalized spacial score (nSPS) is 11.5. The standard InChI is InChI=1S/C18H10N6O3S/c19-9-12(23-22-11-6-2-3-7-13(11)24(26)27)16-20-17(25)15-10-5-1-4-8-14(10)28-18(15)21-16/h1-8,22H,(H,20,21,25)/b23-12-. The van der Waals surface area contributed by atoms with Crippen LogP contribution in [0.15, 0.2) is 58.4 Å². The van der Waals surface area contributed by atoms with Gasteiger partial charge in [-0.15, -0.1) is 11.3 Å². The van der Waals surface area contributed by atoms with Crippen molar-refractivity contribution < 1.29 is 4.92 Å². The van der Waals surface area contributed by atoms with Crippen LogP contribution < -0.4 is 11.0 Å². The minimum Gasteiger partial charge on any atom is -0.304 e. The van der Waals surface area contributed by atoms with Crippen LogP contribution in [0.5, 0.6) is 0 Å². The number of para-hydroxylation sites is 2. The molecule has 0 fully saturated rings. The van der Waals surface area contributed by atoms with Gasteiger partial charge in [-0.3, -0.25) is 20.3 Å². The van der Waals surface area contributed by atoms with Crippen LogP contribution in [0.3, 0.4) is 0 Å². The van der Waals surface area contributed by atoms with E-state index in [1.54, 1.807) is 6.07 Å². The lowest BCUT2D eigenvalue weighted by atomic mass is 10.2. The van der Waals surface area contributed by atoms with Crippen LogP contribution in [-0.4, -0.2) is 20.6 Å². The van der Waals surface area contributed by atoms with E-state index in [0.717, 1.165) is 10.1 Å². The number of hydrazone groups is 1. The van der Waals surface area contributed by atoms with Crippen molar-refractivity contribution in [1.82, 2.24) is 9.97 Å². The first-order valence-electron chi connectivity index (χ1n) is 7.97. The molecule has 4 rings (SSSR count). The maximum Gasteiger partial charge on any atom is 0.294 e. The van der Waals surface area contributed by atoms with Crippen LogP contribution in [0.25, 0.3) is 20.3 Å². The van der Waals surface area contributed by atoms with Crippen molar-refractivity contribution in [3.63, 3.8) is 0 Å². The summed E-state index contributed by atoms with van der Waals surface area (Å²) in [5.41, 5.74) is 1.85. The fraction of sp³-hybridized carbons (Fsp3) is 0. The number of thiophene rings is 1. The van der Waals surface area contributed by atoms with Crippen LogP contribution >= 0.6 is 11.3 Å². The first kappa shape index (κ1) is 17.3. The number of aromatic amines is 1. The Hall–Kier alpha value is -4.10. The number of nitrogens with zero attached hydrogens (tertiary/aromatic N) is 4. The molecule has 0 spiro atoms. The third-order valence-electron chi connectivity index (χ3n) is 3.97. The molecule has 28 heavy (non-hydrogen) atoms. The van der Waals surface area contributed by atoms with Crippen molar-refractivity contribution >= 4 is 48.7 Å². The maximum absolute atomic E-state index is 12.5. The average molecular weight is 390 g/mol. The van der Waals surface area contributed by atoms with Crippen molar-refractivity contribution in [2.75, 3.05) is 5.43 Å². The predicted molar refractivity (Wildman–Crippen MR) is 107 cm³/mol. The molecular weight excluding hydrogens is 380 g/mol. The number of nitro benzene ring substituents is 1. The first-order valence-corrected chi connectivity index (χ1v) is 8.79. The summed E-state index contributed by atoms with van der Waals surface area (Å²) in [4.78, 5) is 30.5. The van der Waals surface area contributed by atoms with E-state index in [4.69, 9.17) is 0 Å². The molecule has 0 aliphatic carbocycles. The molecule has 0 amide bonds. The molecule has 0 aliphatic heterocycles. The Morgan fingerprint density at radius 2 is 2.00 bits per heavy atom. The van der Waals surface area contributed by atoms with Crippen molar-refractivity contribution in [2.24, 2.45) is 5.10 Å². The summed E-state index contributed by atoms with van der Waals surface area (Å²) in [5, 5.41) is 25.6. The van der Waals surface area contributed by atoms with Crippen LogP contribution in [0.1, 0.15) is 5.82 Å². The fourth-order valence-electron chi connectivity index (χ4n) is 2.72. The first-order chi connectivity index (χ1) is 13.6. The lowest BCUT2D eigenvalue weighted by molar-refractivity contribution is -0.384. The zero-order chi connectivity index (χ0) is 19.7. The van der Waals surface area contributed by atoms with Crippen molar-refractivity contribution in [3.8, 4) is 6.07 Å². The maximum atomic E-state index is 12.5. The van der Waals surface area contributed by atoms with E-state index in [0.29, 0.717) is 10.2 Å². The highest BCUT2D eigenvalue weighted by Crippen LogP contribution is 2.30. The molecule has 2 N–H and O–H groups in total. The zero-order valence-electron chi connectivity index (χ0n) is 14.0. The van der Waals surface area contributed by atoms with E-state index in [2.05, 4.69) is 20.5 Å². The van der Waals surface area contributed by atoms with Crippen LogP contribution in [0.2, 0.25) is 0 Å². The highest BCUT2D eigenvalue weighted by atomic mass is 32.1. The Balaban J connectivity index is 1.79. The highest BCUT2D eigenvalue weighted by molar-refractivity contribution is 7.25. The summed E-state index contributed by atoms with van der Waals surface area (Å²) >= 11 is 1.33. The van der Waals surface area contributed by atoms with Gasteiger partial charge in [0.15, 0.2) is 5.82 Å². The van der Waals surface area contributed by atoms with Gasteiger partial charge in [0.1, 0.15) is 16.6 Å². The van der Waals surface area contributed by atoms with Gasteiger partial charge in [-0.2, -0.15) is 10.4 Å².